The molecule has 5 heteroatoms. The lowest BCUT2D eigenvalue weighted by Gasteiger charge is -2.64. The minimum absolute atomic E-state index is 0.0700. The Bertz CT molecular complexity index is 939. The van der Waals surface area contributed by atoms with Crippen molar-refractivity contribution < 1.29 is 14.6 Å². The highest BCUT2D eigenvalue weighted by atomic mass is 16.5. The second-order valence-corrected chi connectivity index (χ2v) is 10.2. The monoisotopic (exact) mass is 408 g/mol. The number of nitrogens with zero attached hydrogens (tertiary/aromatic N) is 1. The summed E-state index contributed by atoms with van der Waals surface area (Å²) in [5.74, 6) is 1.71. The fourth-order valence-electron chi connectivity index (χ4n) is 7.16. The number of hydrogen-bond donors (Lipinski definition) is 2. The fraction of sp³-hybridized carbons (Fsp3) is 0.640. The summed E-state index contributed by atoms with van der Waals surface area (Å²) >= 11 is 0. The first-order valence-electron chi connectivity index (χ1n) is 11.7. The number of carbonyl (C=O) groups is 1. The molecule has 160 valence electrons. The lowest BCUT2D eigenvalue weighted by molar-refractivity contribution is -0.192. The molecule has 5 aliphatic rings. The molecule has 2 N–H and O–H groups in total. The summed E-state index contributed by atoms with van der Waals surface area (Å²) in [7, 11) is 0. The molecule has 3 fully saturated rings. The van der Waals surface area contributed by atoms with E-state index in [1.54, 1.807) is 12.2 Å². The van der Waals surface area contributed by atoms with Crippen LogP contribution in [0.3, 0.4) is 0 Å². The highest BCUT2D eigenvalue weighted by Crippen LogP contribution is 2.64. The second-order valence-electron chi connectivity index (χ2n) is 10.2. The van der Waals surface area contributed by atoms with Crippen LogP contribution in [0.4, 0.5) is 0 Å². The van der Waals surface area contributed by atoms with Crippen molar-refractivity contribution in [3.8, 4) is 5.75 Å². The van der Waals surface area contributed by atoms with Gasteiger partial charge in [-0.3, -0.25) is 9.69 Å². The van der Waals surface area contributed by atoms with E-state index in [1.807, 2.05) is 6.92 Å². The van der Waals surface area contributed by atoms with Crippen molar-refractivity contribution in [3.63, 3.8) is 0 Å². The Balaban J connectivity index is 1.47. The van der Waals surface area contributed by atoms with Crippen molar-refractivity contribution in [2.24, 2.45) is 5.92 Å². The lowest BCUT2D eigenvalue weighted by Crippen LogP contribution is -2.78. The summed E-state index contributed by atoms with van der Waals surface area (Å²) in [6, 6.07) is 4.49. The predicted octanol–water partition coefficient (Wildman–Crippen LogP) is 2.62. The van der Waals surface area contributed by atoms with Gasteiger partial charge in [-0.2, -0.15) is 0 Å². The number of aryl methyl sites for hydroxylation is 1. The number of ether oxygens (including phenoxy) is 1. The first-order chi connectivity index (χ1) is 14.5. The van der Waals surface area contributed by atoms with E-state index in [2.05, 4.69) is 29.3 Å². The van der Waals surface area contributed by atoms with Gasteiger partial charge in [-0.05, 0) is 82.0 Å². The number of amides is 1. The van der Waals surface area contributed by atoms with Crippen LogP contribution >= 0.6 is 0 Å². The highest BCUT2D eigenvalue weighted by Gasteiger charge is 2.72. The van der Waals surface area contributed by atoms with Gasteiger partial charge in [0.2, 0.25) is 5.91 Å². The molecule has 1 spiro atoms. The van der Waals surface area contributed by atoms with Crippen LogP contribution in [-0.4, -0.2) is 52.8 Å². The van der Waals surface area contributed by atoms with Gasteiger partial charge in [-0.1, -0.05) is 18.2 Å². The molecule has 5 atom stereocenters. The van der Waals surface area contributed by atoms with E-state index in [0.29, 0.717) is 6.42 Å². The van der Waals surface area contributed by atoms with Crippen molar-refractivity contribution in [2.45, 2.75) is 81.6 Å². The first-order valence-corrected chi connectivity index (χ1v) is 11.7. The average Bonchev–Trinajstić information content (AvgIpc) is 3.45. The largest absolute Gasteiger partial charge is 0.487 e. The maximum absolute atomic E-state index is 12.4. The molecule has 6 rings (SSSR count). The van der Waals surface area contributed by atoms with Crippen LogP contribution in [0, 0.1) is 12.8 Å². The normalized spacial score (nSPS) is 39.0. The number of hydrogen-bond acceptors (Lipinski definition) is 4. The number of likely N-dealkylation sites (tertiary alicyclic amines) is 1. The van der Waals surface area contributed by atoms with E-state index in [9.17, 15) is 9.90 Å². The van der Waals surface area contributed by atoms with Gasteiger partial charge in [-0.25, -0.2) is 0 Å². The van der Waals surface area contributed by atoms with E-state index in [1.165, 1.54) is 24.0 Å². The molecule has 0 aromatic heterocycles. The van der Waals surface area contributed by atoms with Crippen LogP contribution in [-0.2, 0) is 16.6 Å². The molecule has 2 heterocycles. The molecular weight excluding hydrogens is 376 g/mol. The zero-order valence-electron chi connectivity index (χ0n) is 18.0. The molecule has 30 heavy (non-hydrogen) atoms. The Hall–Kier alpha value is -1.85. The van der Waals surface area contributed by atoms with Crippen LogP contribution in [0.5, 0.6) is 5.75 Å². The predicted molar refractivity (Wildman–Crippen MR) is 115 cm³/mol. The highest BCUT2D eigenvalue weighted by molar-refractivity contribution is 5.87. The Morgan fingerprint density at radius 1 is 1.33 bits per heavy atom. The van der Waals surface area contributed by atoms with Crippen molar-refractivity contribution in [1.29, 1.82) is 0 Å². The van der Waals surface area contributed by atoms with E-state index in [4.69, 9.17) is 4.74 Å². The molecule has 1 aromatic carbocycles. The van der Waals surface area contributed by atoms with Crippen LogP contribution in [0.25, 0.3) is 0 Å². The van der Waals surface area contributed by atoms with E-state index in [-0.39, 0.29) is 24.1 Å². The maximum atomic E-state index is 12.4. The molecule has 1 unspecified atom stereocenters. The molecule has 3 aliphatic carbocycles. The van der Waals surface area contributed by atoms with Crippen LogP contribution < -0.4 is 10.1 Å². The number of aliphatic hydroxyl groups is 1. The van der Waals surface area contributed by atoms with Crippen LogP contribution in [0.15, 0.2) is 24.3 Å². The molecule has 1 saturated heterocycles. The van der Waals surface area contributed by atoms with Gasteiger partial charge in [0.25, 0.3) is 0 Å². The fourth-order valence-corrected chi connectivity index (χ4v) is 7.16. The van der Waals surface area contributed by atoms with Gasteiger partial charge in [0.05, 0.1) is 17.1 Å². The van der Waals surface area contributed by atoms with Gasteiger partial charge in [0.15, 0.2) is 0 Å². The molecule has 5 nitrogen and oxygen atoms in total. The zero-order chi connectivity index (χ0) is 20.7. The number of benzene rings is 1. The quantitative estimate of drug-likeness (QED) is 0.752. The molecule has 1 aromatic rings. The number of allylic oxidation sites excluding steroid dienone is 1. The first kappa shape index (κ1) is 18.9. The van der Waals surface area contributed by atoms with Crippen LogP contribution in [0.2, 0.25) is 0 Å². The smallest absolute Gasteiger partial charge is 0.243 e. The number of carbonyl (C=O) groups excluding carboxylic acids is 1. The van der Waals surface area contributed by atoms with Crippen molar-refractivity contribution in [1.82, 2.24) is 10.2 Å². The van der Waals surface area contributed by atoms with Gasteiger partial charge in [-0.15, -0.1) is 0 Å². The Kier molecular flexibility index (Phi) is 3.99. The summed E-state index contributed by atoms with van der Waals surface area (Å²) in [6.07, 6.45) is 9.08. The van der Waals surface area contributed by atoms with Crippen LogP contribution in [0.1, 0.15) is 55.7 Å². The standard InChI is InChI=1S/C25H32N2O3/c1-3-4-20(28)26-18-9-10-25(29)19-13-17-8-5-15(2)22-21(17)24(25,23(18)30-22)11-12-27(19)14-16-6-7-16/h3-5,8,16,18-19,23,29H,6-7,9-14H2,1-2H3,(H,26,28)/b4-3+/t18-,19-,23?,24+,25-/m1/s1. The van der Waals surface area contributed by atoms with Crippen molar-refractivity contribution in [3.05, 3.63) is 41.0 Å². The Morgan fingerprint density at radius 2 is 2.17 bits per heavy atom. The summed E-state index contributed by atoms with van der Waals surface area (Å²) in [6.45, 7) is 6.08. The third kappa shape index (κ3) is 2.34. The molecule has 0 radical (unpaired) electrons. The maximum Gasteiger partial charge on any atom is 0.243 e. The van der Waals surface area contributed by atoms with Crippen molar-refractivity contribution >= 4 is 5.91 Å². The Labute approximate surface area is 178 Å². The minimum atomic E-state index is -0.793. The number of nitrogens with one attached hydrogen (secondary N) is 1. The molecule has 2 aliphatic heterocycles. The number of rotatable bonds is 4. The topological polar surface area (TPSA) is 61.8 Å². The Morgan fingerprint density at radius 3 is 2.93 bits per heavy atom. The average molecular weight is 409 g/mol. The molecule has 2 saturated carbocycles. The lowest BCUT2D eigenvalue weighted by atomic mass is 9.48. The summed E-state index contributed by atoms with van der Waals surface area (Å²) in [5.41, 5.74) is 2.52. The zero-order valence-corrected chi connectivity index (χ0v) is 18.0. The summed E-state index contributed by atoms with van der Waals surface area (Å²) in [5, 5.41) is 15.6. The summed E-state index contributed by atoms with van der Waals surface area (Å²) in [4.78, 5) is 15.0. The third-order valence-corrected chi connectivity index (χ3v) is 8.63. The van der Waals surface area contributed by atoms with Gasteiger partial charge >= 0.3 is 0 Å². The molecule has 2 bridgehead atoms. The van der Waals surface area contributed by atoms with E-state index >= 15 is 0 Å². The SMILES string of the molecule is C/C=C/C(=O)N[C@@H]1CC[C@@]2(O)[C@H]3Cc4ccc(C)c5c4[C@@]2(CCN3CC2CC2)C1O5. The summed E-state index contributed by atoms with van der Waals surface area (Å²) < 4.78 is 6.68. The van der Waals surface area contributed by atoms with E-state index < -0.39 is 11.0 Å². The van der Waals surface area contributed by atoms with Gasteiger partial charge in [0, 0.05) is 18.2 Å². The molecular formula is C25H32N2O3. The van der Waals surface area contributed by atoms with Gasteiger partial charge < -0.3 is 15.2 Å². The third-order valence-electron chi connectivity index (χ3n) is 8.63. The van der Waals surface area contributed by atoms with Gasteiger partial charge in [0.1, 0.15) is 11.9 Å². The van der Waals surface area contributed by atoms with E-state index in [0.717, 1.165) is 49.6 Å². The van der Waals surface area contributed by atoms with Crippen molar-refractivity contribution in [2.75, 3.05) is 13.1 Å². The molecule has 1 amide bonds. The second kappa shape index (κ2) is 6.33. The minimum Gasteiger partial charge on any atom is -0.487 e. The number of piperidine rings is 1.